The number of hydrogen-bond donors (Lipinski definition) is 11. The number of para-hydroxylation sites is 4. The van der Waals surface area contributed by atoms with E-state index >= 15 is 0 Å². The first-order chi connectivity index (χ1) is 71.0. The van der Waals surface area contributed by atoms with Gasteiger partial charge < -0.3 is 24.8 Å². The molecule has 36 heteroatoms. The van der Waals surface area contributed by atoms with Crippen molar-refractivity contribution in [3.05, 3.63) is 372 Å². The van der Waals surface area contributed by atoms with Gasteiger partial charge in [-0.2, -0.15) is 23.4 Å². The first kappa shape index (κ1) is 96.6. The molecule has 0 aliphatic heterocycles. The molecule has 0 unspecified atom stereocenters. The van der Waals surface area contributed by atoms with Crippen molar-refractivity contribution in [2.45, 2.75) is 98.5 Å². The number of ether oxygens (including phenoxy) is 2. The number of aliphatic hydroxyl groups excluding tert-OH is 3. The summed E-state index contributed by atoms with van der Waals surface area (Å²) in [5.74, 6) is 4.52. The molecule has 2 atom stereocenters. The third kappa shape index (κ3) is 20.6. The Labute approximate surface area is 834 Å². The van der Waals surface area contributed by atoms with Gasteiger partial charge in [0, 0.05) is 58.2 Å². The summed E-state index contributed by atoms with van der Waals surface area (Å²) in [7, 11) is 0. The molecule has 0 bridgehead atoms. The maximum absolute atomic E-state index is 13.7. The molecule has 20 aromatic rings. The smallest absolute Gasteiger partial charge is 0.419 e. The van der Waals surface area contributed by atoms with Crippen molar-refractivity contribution in [1.82, 2.24) is 76.7 Å². The largest absolute Gasteiger partial charge is 0.474 e. The number of aromatic nitrogens is 16. The molecule has 33 nitrogen and oxygen atoms in total. The van der Waals surface area contributed by atoms with Crippen molar-refractivity contribution in [1.29, 1.82) is 0 Å². The number of halogens is 3. The van der Waals surface area contributed by atoms with E-state index in [0.29, 0.717) is 74.6 Å². The van der Waals surface area contributed by atoms with Crippen LogP contribution in [0.3, 0.4) is 0 Å². The minimum Gasteiger partial charge on any atom is -0.474 e. The Kier molecular flexibility index (Phi) is 28.2. The molecule has 2 aliphatic rings. The van der Waals surface area contributed by atoms with Crippen LogP contribution in [0.2, 0.25) is 0 Å². The zero-order chi connectivity index (χ0) is 101. The van der Waals surface area contributed by atoms with E-state index in [-0.39, 0.29) is 42.3 Å². The number of aryl methyl sites for hydroxylation is 5. The number of aliphatic hydroxyl groups is 3. The average Bonchev–Trinajstić information content (AvgIpc) is 1.59. The van der Waals surface area contributed by atoms with Crippen molar-refractivity contribution < 1.29 is 57.1 Å². The first-order valence-electron chi connectivity index (χ1n) is 47.4. The van der Waals surface area contributed by atoms with Crippen molar-refractivity contribution >= 4 is 93.3 Å². The molecule has 0 spiro atoms. The van der Waals surface area contributed by atoms with Crippen molar-refractivity contribution in [3.63, 3.8) is 0 Å². The van der Waals surface area contributed by atoms with Crippen LogP contribution in [0.15, 0.2) is 316 Å². The number of rotatable bonds is 23. The van der Waals surface area contributed by atoms with Gasteiger partial charge in [-0.15, -0.1) is 10.2 Å². The van der Waals surface area contributed by atoms with Gasteiger partial charge in [0.05, 0.1) is 63.5 Å². The standard InChI is InChI=1S/C28H28N6O4.C28H28N6O3.C27H21F3N6O.C27H24N6O/c1-18-10-9-15-33-24(18)29-23(20-11-5-3-6-12-20)26(33)31-28(37)30-25-19(2)27(38-17-22(36)16-35)32-34(25)21-13-7-4-8-14-21;1-18-11-10-16-33-24(18)29-23(21-12-6-4-7-13-21)26(33)31-28(36)30-25-20(3)27(37-17-19(2)35)32-34(25)22-14-8-5-9-15-22;28-27(29,30)20-14-8-16-35-24(20)31-22(17-9-3-1-4-10-17)25(35)33-26(37)32-23-19-13-7-15-21(19)34-36(23)18-11-5-2-6-12-18;1-18-10-9-17-32-24(18)28-23(19-11-4-2-5-12-19)26(32)30-27(34)29-25-21-15-8-16-22(21)31-33(25)20-13-6-3-7-14-20/h3-15,22,35-36H,16-17H2,1-2H3,(H2,30,31,37);4-16,19,35H,17H2,1-3H3,(H2,30,31,36);1-6,8-12,14,16H,7,13,15H2,(H2,32,33,37);2-7,9-14,17H,8,15-16H2,1H3,(H2,29,30,34)/t22-;19-;;/m10../s1. The fraction of sp³-hybridized carbons (Fsp3) is 0.164. The van der Waals surface area contributed by atoms with E-state index in [9.17, 15) is 42.6 Å². The number of anilines is 8. The topological polar surface area (TPSA) is 384 Å². The monoisotopic (exact) mass is 1960 g/mol. The number of nitrogens with one attached hydrogen (secondary N) is 8. The van der Waals surface area contributed by atoms with E-state index in [2.05, 4.69) is 57.7 Å². The molecule has 2 aliphatic carbocycles. The Hall–Kier alpha value is -18.3. The highest BCUT2D eigenvalue weighted by Crippen LogP contribution is 2.42. The van der Waals surface area contributed by atoms with Crippen molar-refractivity contribution in [3.8, 4) is 79.5 Å². The SMILES string of the molecule is Cc1c(OC[C@H](C)O)nn(-c2ccccc2)c1NC(=O)Nc1c(-c2ccccc2)nc2c(C)cccn12.Cc1c(OC[C@H](O)CO)nn(-c2ccccc2)c1NC(=O)Nc1c(-c2ccccc2)nc2c(C)cccn12.Cc1cccn2c(NC(=O)Nc3c4c(nn3-c3ccccc3)CCC4)c(-c3ccccc3)nc12.O=C(Nc1c2c(nn1-c1ccccc1)CCC2)Nc1c(-c2ccccc2)nc2c(C(F)(F)F)cccn12. The average molecular weight is 1960 g/mol. The highest BCUT2D eigenvalue weighted by atomic mass is 19.4. The van der Waals surface area contributed by atoms with E-state index < -0.39 is 48.6 Å². The molecule has 0 radical (unpaired) electrons. The van der Waals surface area contributed by atoms with Gasteiger partial charge in [-0.25, -0.2) is 57.8 Å². The second-order valence-corrected chi connectivity index (χ2v) is 34.9. The minimum atomic E-state index is -4.61. The van der Waals surface area contributed by atoms with Gasteiger partial charge in [0.15, 0.2) is 5.65 Å². The number of amides is 8. The summed E-state index contributed by atoms with van der Waals surface area (Å²) in [4.78, 5) is 72.4. The number of carbonyl (C=O) groups is 4. The van der Waals surface area contributed by atoms with E-state index in [4.69, 9.17) is 39.7 Å². The minimum absolute atomic E-state index is 0.0832. The summed E-state index contributed by atoms with van der Waals surface area (Å²) in [6.45, 7) is 10.7. The maximum Gasteiger partial charge on any atom is 0.419 e. The molecule has 0 saturated carbocycles. The Morgan fingerprint density at radius 1 is 0.336 bits per heavy atom. The van der Waals surface area contributed by atoms with E-state index in [1.165, 1.54) is 16.7 Å². The number of carbonyl (C=O) groups excluding carboxylic acids is 4. The van der Waals surface area contributed by atoms with E-state index in [0.717, 1.165) is 146 Å². The van der Waals surface area contributed by atoms with Gasteiger partial charge in [0.2, 0.25) is 11.8 Å². The molecule has 8 amide bonds. The lowest BCUT2D eigenvalue weighted by molar-refractivity contribution is -0.136. The van der Waals surface area contributed by atoms with Crippen LogP contribution < -0.4 is 52.0 Å². The highest BCUT2D eigenvalue weighted by Gasteiger charge is 2.37. The molecule has 0 saturated heterocycles. The van der Waals surface area contributed by atoms with Crippen LogP contribution in [0.4, 0.5) is 78.9 Å². The number of hydrogen-bond acceptors (Lipinski definition) is 17. The summed E-state index contributed by atoms with van der Waals surface area (Å²) in [5, 5.41) is 70.7. The van der Waals surface area contributed by atoms with Crippen LogP contribution >= 0.6 is 0 Å². The number of urea groups is 4. The van der Waals surface area contributed by atoms with Crippen LogP contribution in [-0.4, -0.2) is 148 Å². The van der Waals surface area contributed by atoms with Crippen molar-refractivity contribution in [2.75, 3.05) is 62.4 Å². The summed E-state index contributed by atoms with van der Waals surface area (Å²) in [6, 6.07) is 88.3. The first-order valence-corrected chi connectivity index (χ1v) is 47.4. The summed E-state index contributed by atoms with van der Waals surface area (Å²) < 4.78 is 66.2. The molecule has 8 aromatic carbocycles. The number of alkyl halides is 3. The lowest BCUT2D eigenvalue weighted by atomic mass is 10.1. The summed E-state index contributed by atoms with van der Waals surface area (Å²) in [6.07, 6.45) is 6.20. The van der Waals surface area contributed by atoms with E-state index in [1.807, 2.05) is 313 Å². The van der Waals surface area contributed by atoms with Gasteiger partial charge >= 0.3 is 30.3 Å². The summed E-state index contributed by atoms with van der Waals surface area (Å²) in [5.41, 5.74) is 18.1. The van der Waals surface area contributed by atoms with Crippen LogP contribution in [0.5, 0.6) is 11.8 Å². The van der Waals surface area contributed by atoms with Crippen LogP contribution in [0.1, 0.15) is 75.7 Å². The second-order valence-electron chi connectivity index (χ2n) is 34.9. The second kappa shape index (κ2) is 42.6. The highest BCUT2D eigenvalue weighted by molar-refractivity contribution is 6.05. The number of pyridine rings is 4. The number of nitrogens with zero attached hydrogens (tertiary/aromatic N) is 16. The Morgan fingerprint density at radius 3 is 0.904 bits per heavy atom. The van der Waals surface area contributed by atoms with Crippen LogP contribution in [-0.2, 0) is 31.9 Å². The molecule has 11 N–H and O–H groups in total. The predicted molar refractivity (Wildman–Crippen MR) is 556 cm³/mol. The van der Waals surface area contributed by atoms with Gasteiger partial charge in [-0.1, -0.05) is 212 Å². The fourth-order valence-corrected chi connectivity index (χ4v) is 17.6. The quantitative estimate of drug-likeness (QED) is 0.0283. The molecule has 146 heavy (non-hydrogen) atoms. The van der Waals surface area contributed by atoms with E-state index in [1.54, 1.807) is 58.2 Å². The Balaban J connectivity index is 0.000000123. The zero-order valence-corrected chi connectivity index (χ0v) is 80.1. The number of benzene rings is 8. The molecule has 12 aromatic heterocycles. The third-order valence-electron chi connectivity index (χ3n) is 24.6. The lowest BCUT2D eigenvalue weighted by Crippen LogP contribution is -2.23. The summed E-state index contributed by atoms with van der Waals surface area (Å²) >= 11 is 0. The predicted octanol–water partition coefficient (Wildman–Crippen LogP) is 21.4. The Morgan fingerprint density at radius 2 is 0.603 bits per heavy atom. The number of imidazole rings is 4. The molecular weight excluding hydrogens is 1860 g/mol. The lowest BCUT2D eigenvalue weighted by Gasteiger charge is -2.13. The molecule has 736 valence electrons. The Bertz CT molecular complexity index is 8110. The maximum atomic E-state index is 13.7. The number of fused-ring (bicyclic) bond motifs is 6. The molecule has 12 heterocycles. The third-order valence-corrected chi connectivity index (χ3v) is 24.6. The molecule has 0 fully saturated rings. The van der Waals surface area contributed by atoms with Crippen LogP contribution in [0, 0.1) is 34.6 Å². The van der Waals surface area contributed by atoms with Gasteiger partial charge in [0.25, 0.3) is 0 Å². The van der Waals surface area contributed by atoms with Gasteiger partial charge in [-0.05, 0) is 176 Å². The van der Waals surface area contributed by atoms with Gasteiger partial charge in [0.1, 0.15) is 106 Å². The molecule has 22 rings (SSSR count). The van der Waals surface area contributed by atoms with Crippen molar-refractivity contribution in [2.24, 2.45) is 0 Å². The van der Waals surface area contributed by atoms with Gasteiger partial charge in [-0.3, -0.25) is 60.1 Å². The fourth-order valence-electron chi connectivity index (χ4n) is 17.6. The molecular formula is C110H101F3N24O9. The zero-order valence-electron chi connectivity index (χ0n) is 80.1. The normalized spacial score (nSPS) is 12.4. The van der Waals surface area contributed by atoms with Crippen LogP contribution in [0.25, 0.3) is 90.4 Å².